The van der Waals surface area contributed by atoms with Gasteiger partial charge in [0.2, 0.25) is 5.95 Å². The summed E-state index contributed by atoms with van der Waals surface area (Å²) in [6, 6.07) is 1.85. The summed E-state index contributed by atoms with van der Waals surface area (Å²) in [5.74, 6) is 1.51. The van der Waals surface area contributed by atoms with Crippen LogP contribution in [-0.4, -0.2) is 36.8 Å². The summed E-state index contributed by atoms with van der Waals surface area (Å²) < 4.78 is 4.96. The molecule has 0 aromatic carbocycles. The fraction of sp³-hybridized carbons (Fsp3) is 0.667. The van der Waals surface area contributed by atoms with Crippen LogP contribution in [0.5, 0.6) is 0 Å². The Morgan fingerprint density at radius 3 is 2.88 bits per heavy atom. The third-order valence-corrected chi connectivity index (χ3v) is 2.33. The molecule has 1 heterocycles. The molecule has 0 aliphatic rings. The van der Waals surface area contributed by atoms with Gasteiger partial charge in [0.1, 0.15) is 5.82 Å². The average Bonchev–Trinajstić information content (AvgIpc) is 2.36. The first-order chi connectivity index (χ1) is 8.36. The fourth-order valence-corrected chi connectivity index (χ4v) is 1.40. The maximum absolute atomic E-state index is 4.96. The van der Waals surface area contributed by atoms with Gasteiger partial charge in [0.05, 0.1) is 6.61 Å². The molecule has 5 heteroatoms. The van der Waals surface area contributed by atoms with Gasteiger partial charge in [0, 0.05) is 26.4 Å². The number of unbranched alkanes of at least 4 members (excludes halogenated alkanes) is 2. The summed E-state index contributed by atoms with van der Waals surface area (Å²) in [5, 5.41) is 6.39. The Balaban J connectivity index is 2.31. The van der Waals surface area contributed by atoms with Crippen LogP contribution in [0, 0.1) is 0 Å². The minimum absolute atomic E-state index is 0.670. The van der Waals surface area contributed by atoms with Crippen molar-refractivity contribution in [3.05, 3.63) is 12.3 Å². The molecule has 0 fully saturated rings. The van der Waals surface area contributed by atoms with Gasteiger partial charge in [0.25, 0.3) is 0 Å². The van der Waals surface area contributed by atoms with E-state index in [1.807, 2.05) is 6.07 Å². The molecule has 0 spiro atoms. The van der Waals surface area contributed by atoms with Crippen LogP contribution in [0.25, 0.3) is 0 Å². The molecule has 5 nitrogen and oxygen atoms in total. The molecule has 2 N–H and O–H groups in total. The molecule has 0 aliphatic heterocycles. The first-order valence-corrected chi connectivity index (χ1v) is 6.16. The number of aromatic nitrogens is 2. The lowest BCUT2D eigenvalue weighted by atomic mass is 10.2. The number of nitrogens with zero attached hydrogens (tertiary/aromatic N) is 2. The minimum Gasteiger partial charge on any atom is -0.383 e. The van der Waals surface area contributed by atoms with Crippen LogP contribution in [0.3, 0.4) is 0 Å². The number of nitrogens with one attached hydrogen (secondary N) is 2. The van der Waals surface area contributed by atoms with E-state index in [-0.39, 0.29) is 0 Å². The Kier molecular flexibility index (Phi) is 7.06. The van der Waals surface area contributed by atoms with Crippen LogP contribution in [0.1, 0.15) is 26.2 Å². The summed E-state index contributed by atoms with van der Waals surface area (Å²) in [4.78, 5) is 8.53. The molecule has 0 radical (unpaired) electrons. The topological polar surface area (TPSA) is 59.1 Å². The Hall–Kier alpha value is -1.36. The highest BCUT2D eigenvalue weighted by Crippen LogP contribution is 2.05. The summed E-state index contributed by atoms with van der Waals surface area (Å²) in [5.41, 5.74) is 0. The van der Waals surface area contributed by atoms with Gasteiger partial charge in [-0.25, -0.2) is 4.98 Å². The van der Waals surface area contributed by atoms with Crippen molar-refractivity contribution in [2.45, 2.75) is 26.2 Å². The van der Waals surface area contributed by atoms with Crippen LogP contribution in [-0.2, 0) is 4.74 Å². The Morgan fingerprint density at radius 1 is 1.24 bits per heavy atom. The fourth-order valence-electron chi connectivity index (χ4n) is 1.40. The number of anilines is 2. The van der Waals surface area contributed by atoms with E-state index in [0.29, 0.717) is 12.6 Å². The zero-order valence-electron chi connectivity index (χ0n) is 10.7. The van der Waals surface area contributed by atoms with E-state index in [9.17, 15) is 0 Å². The van der Waals surface area contributed by atoms with Crippen molar-refractivity contribution in [3.8, 4) is 0 Å². The molecule has 1 aromatic rings. The predicted molar refractivity (Wildman–Crippen MR) is 70.4 cm³/mol. The van der Waals surface area contributed by atoms with Gasteiger partial charge in [0.15, 0.2) is 0 Å². The third kappa shape index (κ3) is 6.06. The Morgan fingerprint density at radius 2 is 2.12 bits per heavy atom. The average molecular weight is 238 g/mol. The quantitative estimate of drug-likeness (QED) is 0.645. The van der Waals surface area contributed by atoms with Crippen molar-refractivity contribution in [2.75, 3.05) is 37.4 Å². The minimum atomic E-state index is 0.670. The highest BCUT2D eigenvalue weighted by atomic mass is 16.5. The van der Waals surface area contributed by atoms with Crippen molar-refractivity contribution in [2.24, 2.45) is 0 Å². The van der Waals surface area contributed by atoms with E-state index in [1.54, 1.807) is 13.3 Å². The van der Waals surface area contributed by atoms with E-state index in [4.69, 9.17) is 4.74 Å². The zero-order valence-corrected chi connectivity index (χ0v) is 10.7. The SMILES string of the molecule is CCCCCNc1nccc(NCCOC)n1. The van der Waals surface area contributed by atoms with Crippen molar-refractivity contribution >= 4 is 11.8 Å². The first-order valence-electron chi connectivity index (χ1n) is 6.16. The number of methoxy groups -OCH3 is 1. The molecule has 17 heavy (non-hydrogen) atoms. The van der Waals surface area contributed by atoms with Gasteiger partial charge in [-0.15, -0.1) is 0 Å². The molecule has 0 saturated carbocycles. The number of hydrogen-bond donors (Lipinski definition) is 2. The highest BCUT2D eigenvalue weighted by molar-refractivity contribution is 5.39. The predicted octanol–water partition coefficient (Wildman–Crippen LogP) is 2.14. The van der Waals surface area contributed by atoms with Crippen molar-refractivity contribution in [3.63, 3.8) is 0 Å². The van der Waals surface area contributed by atoms with Gasteiger partial charge in [-0.05, 0) is 12.5 Å². The third-order valence-electron chi connectivity index (χ3n) is 2.33. The second-order valence-corrected chi connectivity index (χ2v) is 3.82. The molecular weight excluding hydrogens is 216 g/mol. The Bertz CT molecular complexity index is 306. The molecule has 0 unspecified atom stereocenters. The zero-order chi connectivity index (χ0) is 12.3. The van der Waals surface area contributed by atoms with E-state index in [1.165, 1.54) is 12.8 Å². The molecule has 96 valence electrons. The first kappa shape index (κ1) is 13.7. The normalized spacial score (nSPS) is 10.2. The van der Waals surface area contributed by atoms with Crippen LogP contribution < -0.4 is 10.6 Å². The van der Waals surface area contributed by atoms with Crippen LogP contribution in [0.4, 0.5) is 11.8 Å². The lowest BCUT2D eigenvalue weighted by Gasteiger charge is -2.07. The second-order valence-electron chi connectivity index (χ2n) is 3.82. The Labute approximate surface area is 103 Å². The molecule has 1 aromatic heterocycles. The van der Waals surface area contributed by atoms with E-state index < -0.39 is 0 Å². The summed E-state index contributed by atoms with van der Waals surface area (Å²) in [7, 11) is 1.68. The second kappa shape index (κ2) is 8.75. The van der Waals surface area contributed by atoms with E-state index >= 15 is 0 Å². The molecule has 1 rings (SSSR count). The number of hydrogen-bond acceptors (Lipinski definition) is 5. The van der Waals surface area contributed by atoms with E-state index in [0.717, 1.165) is 25.3 Å². The summed E-state index contributed by atoms with van der Waals surface area (Å²) >= 11 is 0. The highest BCUT2D eigenvalue weighted by Gasteiger charge is 1.97. The summed E-state index contributed by atoms with van der Waals surface area (Å²) in [6.45, 7) is 4.54. The molecule has 0 bridgehead atoms. The smallest absolute Gasteiger partial charge is 0.224 e. The van der Waals surface area contributed by atoms with Gasteiger partial charge < -0.3 is 15.4 Å². The van der Waals surface area contributed by atoms with Crippen LogP contribution in [0.2, 0.25) is 0 Å². The summed E-state index contributed by atoms with van der Waals surface area (Å²) in [6.07, 6.45) is 5.37. The van der Waals surface area contributed by atoms with Crippen molar-refractivity contribution in [1.82, 2.24) is 9.97 Å². The van der Waals surface area contributed by atoms with Crippen molar-refractivity contribution in [1.29, 1.82) is 0 Å². The van der Waals surface area contributed by atoms with Gasteiger partial charge >= 0.3 is 0 Å². The molecule has 0 amide bonds. The van der Waals surface area contributed by atoms with Crippen molar-refractivity contribution < 1.29 is 4.74 Å². The number of ether oxygens (including phenoxy) is 1. The van der Waals surface area contributed by atoms with Gasteiger partial charge in [-0.2, -0.15) is 4.98 Å². The lowest BCUT2D eigenvalue weighted by molar-refractivity contribution is 0.210. The van der Waals surface area contributed by atoms with Gasteiger partial charge in [-0.3, -0.25) is 0 Å². The van der Waals surface area contributed by atoms with Crippen LogP contribution >= 0.6 is 0 Å². The van der Waals surface area contributed by atoms with Crippen LogP contribution in [0.15, 0.2) is 12.3 Å². The molecule has 0 aliphatic carbocycles. The maximum Gasteiger partial charge on any atom is 0.224 e. The van der Waals surface area contributed by atoms with Gasteiger partial charge in [-0.1, -0.05) is 19.8 Å². The lowest BCUT2D eigenvalue weighted by Crippen LogP contribution is -2.11. The standard InChI is InChI=1S/C12H22N4O/c1-3-4-5-7-14-12-15-8-6-11(16-12)13-9-10-17-2/h6,8H,3-5,7,9-10H2,1-2H3,(H2,13,14,15,16). The molecule has 0 saturated heterocycles. The van der Waals surface area contributed by atoms with E-state index in [2.05, 4.69) is 27.5 Å². The monoisotopic (exact) mass is 238 g/mol. The molecular formula is C12H22N4O. The number of rotatable bonds is 9. The maximum atomic E-state index is 4.96. The largest absolute Gasteiger partial charge is 0.383 e. The molecule has 0 atom stereocenters.